The van der Waals surface area contributed by atoms with Crippen molar-refractivity contribution in [2.75, 3.05) is 23.8 Å². The SMILES string of the molecule is CC(C)(C)OC(=O)N1CC/C(=C\c2ccc(C(=O)Nc3ccccc3NC(=O)OCC3c4ccccc4-c4ccccc43)cc2)CC1(C)C. The Morgan fingerprint density at radius 1 is 0.816 bits per heavy atom. The van der Waals surface area contributed by atoms with Crippen LogP contribution in [0.25, 0.3) is 17.2 Å². The fourth-order valence-corrected chi connectivity index (χ4v) is 6.68. The van der Waals surface area contributed by atoms with E-state index < -0.39 is 11.7 Å². The van der Waals surface area contributed by atoms with Crippen LogP contribution < -0.4 is 10.6 Å². The zero-order valence-electron chi connectivity index (χ0n) is 28.7. The number of hydrogen-bond acceptors (Lipinski definition) is 5. The molecule has 0 radical (unpaired) electrons. The molecule has 0 spiro atoms. The normalized spacial score (nSPS) is 16.0. The molecule has 1 fully saturated rings. The van der Waals surface area contributed by atoms with Crippen molar-refractivity contribution in [1.82, 2.24) is 4.90 Å². The molecular weight excluding hydrogens is 614 g/mol. The summed E-state index contributed by atoms with van der Waals surface area (Å²) in [6.45, 7) is 10.5. The van der Waals surface area contributed by atoms with Gasteiger partial charge >= 0.3 is 12.2 Å². The van der Waals surface area contributed by atoms with Gasteiger partial charge in [-0.3, -0.25) is 10.1 Å². The van der Waals surface area contributed by atoms with Crippen LogP contribution in [0, 0.1) is 0 Å². The third-order valence-corrected chi connectivity index (χ3v) is 8.96. The molecule has 8 nitrogen and oxygen atoms in total. The maximum atomic E-state index is 13.3. The second kappa shape index (κ2) is 13.6. The minimum atomic E-state index is -0.596. The molecule has 6 rings (SSSR count). The lowest BCUT2D eigenvalue weighted by Gasteiger charge is -2.43. The minimum Gasteiger partial charge on any atom is -0.448 e. The molecule has 1 saturated heterocycles. The highest BCUT2D eigenvalue weighted by atomic mass is 16.6. The summed E-state index contributed by atoms with van der Waals surface area (Å²) in [5, 5.41) is 5.73. The number of para-hydroxylation sites is 2. The number of ether oxygens (including phenoxy) is 2. The molecule has 3 amide bonds. The first kappa shape index (κ1) is 33.5. The Kier molecular flexibility index (Phi) is 9.32. The molecule has 0 unspecified atom stereocenters. The van der Waals surface area contributed by atoms with Gasteiger partial charge in [-0.2, -0.15) is 0 Å². The van der Waals surface area contributed by atoms with Crippen molar-refractivity contribution in [3.8, 4) is 11.1 Å². The number of rotatable bonds is 6. The van der Waals surface area contributed by atoms with E-state index in [2.05, 4.69) is 54.8 Å². The first-order valence-electron chi connectivity index (χ1n) is 16.7. The van der Waals surface area contributed by atoms with Gasteiger partial charge in [-0.15, -0.1) is 0 Å². The monoisotopic (exact) mass is 657 g/mol. The second-order valence-electron chi connectivity index (χ2n) is 14.2. The topological polar surface area (TPSA) is 97.0 Å². The molecule has 2 aliphatic rings. The van der Waals surface area contributed by atoms with E-state index in [4.69, 9.17) is 9.47 Å². The molecule has 0 bridgehead atoms. The Labute approximate surface area is 288 Å². The summed E-state index contributed by atoms with van der Waals surface area (Å²) in [4.78, 5) is 40.8. The Hall–Kier alpha value is -5.37. The Morgan fingerprint density at radius 3 is 1.98 bits per heavy atom. The first-order valence-corrected chi connectivity index (χ1v) is 16.7. The van der Waals surface area contributed by atoms with Crippen LogP contribution in [0.5, 0.6) is 0 Å². The average molecular weight is 658 g/mol. The quantitative estimate of drug-likeness (QED) is 0.215. The number of piperidine rings is 1. The van der Waals surface area contributed by atoms with Crippen LogP contribution in [-0.4, -0.2) is 47.3 Å². The smallest absolute Gasteiger partial charge is 0.411 e. The Bertz CT molecular complexity index is 1860. The van der Waals surface area contributed by atoms with Crippen LogP contribution >= 0.6 is 0 Å². The number of carbonyl (C=O) groups excluding carboxylic acids is 3. The van der Waals surface area contributed by atoms with Crippen molar-refractivity contribution in [2.24, 2.45) is 0 Å². The van der Waals surface area contributed by atoms with E-state index in [9.17, 15) is 14.4 Å². The number of anilines is 2. The van der Waals surface area contributed by atoms with Crippen molar-refractivity contribution in [3.63, 3.8) is 0 Å². The molecule has 0 aromatic heterocycles. The lowest BCUT2D eigenvalue weighted by Crippen LogP contribution is -2.52. The summed E-state index contributed by atoms with van der Waals surface area (Å²) in [5.74, 6) is -0.351. The number of hydrogen-bond donors (Lipinski definition) is 2. The van der Waals surface area contributed by atoms with Crippen LogP contribution in [-0.2, 0) is 9.47 Å². The van der Waals surface area contributed by atoms with E-state index in [0.29, 0.717) is 23.5 Å². The molecule has 2 N–H and O–H groups in total. The van der Waals surface area contributed by atoms with Crippen molar-refractivity contribution in [3.05, 3.63) is 125 Å². The van der Waals surface area contributed by atoms with Crippen molar-refractivity contribution in [1.29, 1.82) is 0 Å². The lowest BCUT2D eigenvalue weighted by atomic mass is 9.86. The third-order valence-electron chi connectivity index (χ3n) is 8.96. The fraction of sp³-hybridized carbons (Fsp3) is 0.293. The van der Waals surface area contributed by atoms with Gasteiger partial charge in [0.2, 0.25) is 0 Å². The van der Waals surface area contributed by atoms with Crippen LogP contribution in [0.2, 0.25) is 0 Å². The average Bonchev–Trinajstić information content (AvgIpc) is 3.37. The van der Waals surface area contributed by atoms with Crippen molar-refractivity contribution in [2.45, 2.75) is 64.5 Å². The van der Waals surface area contributed by atoms with Gasteiger partial charge in [-0.25, -0.2) is 9.59 Å². The largest absolute Gasteiger partial charge is 0.448 e. The van der Waals surface area contributed by atoms with E-state index >= 15 is 0 Å². The molecule has 49 heavy (non-hydrogen) atoms. The summed E-state index contributed by atoms with van der Waals surface area (Å²) in [6, 6.07) is 30.8. The zero-order valence-corrected chi connectivity index (χ0v) is 28.7. The molecule has 252 valence electrons. The van der Waals surface area contributed by atoms with E-state index in [0.717, 1.165) is 40.7 Å². The summed E-state index contributed by atoms with van der Waals surface area (Å²) in [6.07, 6.45) is 2.71. The number of nitrogens with one attached hydrogen (secondary N) is 2. The van der Waals surface area contributed by atoms with Crippen LogP contribution in [0.15, 0.2) is 103 Å². The van der Waals surface area contributed by atoms with E-state index in [1.165, 1.54) is 5.57 Å². The Balaban J connectivity index is 1.06. The highest BCUT2D eigenvalue weighted by Crippen LogP contribution is 2.44. The second-order valence-corrected chi connectivity index (χ2v) is 14.2. The van der Waals surface area contributed by atoms with E-state index in [1.54, 1.807) is 36.4 Å². The lowest BCUT2D eigenvalue weighted by molar-refractivity contribution is -0.000879. The third kappa shape index (κ3) is 7.70. The maximum absolute atomic E-state index is 13.3. The fourth-order valence-electron chi connectivity index (χ4n) is 6.68. The van der Waals surface area contributed by atoms with Crippen LogP contribution in [0.1, 0.15) is 80.4 Å². The molecule has 0 saturated carbocycles. The van der Waals surface area contributed by atoms with Gasteiger partial charge in [0.25, 0.3) is 5.91 Å². The van der Waals surface area contributed by atoms with Gasteiger partial charge in [-0.05, 0) is 99.5 Å². The molecule has 8 heteroatoms. The van der Waals surface area contributed by atoms with Crippen LogP contribution in [0.4, 0.5) is 21.0 Å². The number of nitrogens with zero attached hydrogens (tertiary/aromatic N) is 1. The van der Waals surface area contributed by atoms with E-state index in [-0.39, 0.29) is 30.1 Å². The van der Waals surface area contributed by atoms with Gasteiger partial charge in [0, 0.05) is 23.6 Å². The Morgan fingerprint density at radius 2 is 1.39 bits per heavy atom. The summed E-state index contributed by atoms with van der Waals surface area (Å²) < 4.78 is 11.3. The molecule has 0 atom stereocenters. The van der Waals surface area contributed by atoms with Gasteiger partial charge in [0.1, 0.15) is 12.2 Å². The molecule has 4 aromatic rings. The number of benzene rings is 4. The number of likely N-dealkylation sites (tertiary alicyclic amines) is 1. The van der Waals surface area contributed by atoms with Gasteiger partial charge in [-0.1, -0.05) is 84.4 Å². The standard InChI is InChI=1S/C41H43N3O5/c1-40(2,3)49-39(47)44-23-22-28(25-41(44,4)5)24-27-18-20-29(21-19-27)37(45)42-35-16-10-11-17-36(35)43-38(46)48-26-34-32-14-8-6-12-30(32)31-13-7-9-15-33(31)34/h6-21,24,34H,22-23,25-26H2,1-5H3,(H,42,45)(H,43,46)/b28-24+. The predicted molar refractivity (Wildman–Crippen MR) is 194 cm³/mol. The van der Waals surface area contributed by atoms with Crippen molar-refractivity contribution >= 4 is 35.5 Å². The predicted octanol–water partition coefficient (Wildman–Crippen LogP) is 9.49. The number of amides is 3. The summed E-state index contributed by atoms with van der Waals surface area (Å²) in [5.41, 5.74) is 7.27. The highest BCUT2D eigenvalue weighted by Gasteiger charge is 2.37. The molecular formula is C41H43N3O5. The molecule has 1 aliphatic heterocycles. The number of fused-ring (bicyclic) bond motifs is 3. The molecule has 1 aliphatic carbocycles. The van der Waals surface area contributed by atoms with Crippen molar-refractivity contribution < 1.29 is 23.9 Å². The van der Waals surface area contributed by atoms with Crippen LogP contribution in [0.3, 0.4) is 0 Å². The molecule has 4 aromatic carbocycles. The van der Waals surface area contributed by atoms with E-state index in [1.807, 2.05) is 62.1 Å². The number of carbonyl (C=O) groups is 3. The van der Waals surface area contributed by atoms with Gasteiger partial charge in [0.05, 0.1) is 11.4 Å². The van der Waals surface area contributed by atoms with Gasteiger partial charge in [0.15, 0.2) is 0 Å². The maximum Gasteiger partial charge on any atom is 0.411 e. The highest BCUT2D eigenvalue weighted by molar-refractivity contribution is 6.07. The zero-order chi connectivity index (χ0) is 34.8. The first-order chi connectivity index (χ1) is 23.4. The molecule has 1 heterocycles. The summed E-state index contributed by atoms with van der Waals surface area (Å²) in [7, 11) is 0. The van der Waals surface area contributed by atoms with Gasteiger partial charge < -0.3 is 19.7 Å². The minimum absolute atomic E-state index is 0.0526. The summed E-state index contributed by atoms with van der Waals surface area (Å²) >= 11 is 0.